The van der Waals surface area contributed by atoms with Crippen LogP contribution in [0.2, 0.25) is 10.0 Å². The second kappa shape index (κ2) is 6.69. The maximum atomic E-state index is 10.6. The molecule has 0 aliphatic rings. The average molecular weight is 325 g/mol. The average Bonchev–Trinajstić information content (AvgIpc) is 2.41. The van der Waals surface area contributed by atoms with Gasteiger partial charge in [-0.05, 0) is 48.7 Å². The van der Waals surface area contributed by atoms with Crippen molar-refractivity contribution in [2.75, 3.05) is 7.11 Å². The summed E-state index contributed by atoms with van der Waals surface area (Å²) in [4.78, 5) is 0. The fourth-order valence-corrected chi connectivity index (χ4v) is 2.85. The van der Waals surface area contributed by atoms with Crippen LogP contribution in [0.5, 0.6) is 5.75 Å². The van der Waals surface area contributed by atoms with Crippen molar-refractivity contribution in [2.24, 2.45) is 0 Å². The number of methoxy groups -OCH3 is 1. The van der Waals surface area contributed by atoms with Crippen LogP contribution in [0.25, 0.3) is 0 Å². The quantitative estimate of drug-likeness (QED) is 0.867. The van der Waals surface area contributed by atoms with Gasteiger partial charge in [0.2, 0.25) is 0 Å². The molecule has 21 heavy (non-hydrogen) atoms. The maximum Gasteiger partial charge on any atom is 0.125 e. The normalized spacial score (nSPS) is 12.3. The molecule has 0 radical (unpaired) electrons. The van der Waals surface area contributed by atoms with Gasteiger partial charge in [-0.2, -0.15) is 0 Å². The van der Waals surface area contributed by atoms with Gasteiger partial charge in [0.05, 0.1) is 23.3 Å². The van der Waals surface area contributed by atoms with Crippen LogP contribution in [-0.4, -0.2) is 12.2 Å². The molecule has 0 spiro atoms. The molecular weight excluding hydrogens is 307 g/mol. The first kappa shape index (κ1) is 16.2. The molecule has 0 aliphatic heterocycles. The molecule has 2 rings (SSSR count). The number of aryl methyl sites for hydroxylation is 2. The zero-order chi connectivity index (χ0) is 15.6. The summed E-state index contributed by atoms with van der Waals surface area (Å²) in [5.74, 6) is 0.708. The third kappa shape index (κ3) is 3.70. The van der Waals surface area contributed by atoms with Crippen molar-refractivity contribution >= 4 is 23.2 Å². The van der Waals surface area contributed by atoms with Crippen molar-refractivity contribution in [1.29, 1.82) is 0 Å². The van der Waals surface area contributed by atoms with Gasteiger partial charge in [-0.25, -0.2) is 0 Å². The minimum absolute atomic E-state index is 0.456. The van der Waals surface area contributed by atoms with E-state index in [2.05, 4.69) is 0 Å². The van der Waals surface area contributed by atoms with E-state index in [1.807, 2.05) is 32.0 Å². The summed E-state index contributed by atoms with van der Waals surface area (Å²) in [7, 11) is 1.61. The van der Waals surface area contributed by atoms with E-state index in [4.69, 9.17) is 27.9 Å². The van der Waals surface area contributed by atoms with Gasteiger partial charge in [0.1, 0.15) is 5.75 Å². The lowest BCUT2D eigenvalue weighted by Crippen LogP contribution is -2.07. The van der Waals surface area contributed by atoms with Crippen molar-refractivity contribution in [2.45, 2.75) is 26.4 Å². The number of rotatable bonds is 4. The van der Waals surface area contributed by atoms with Crippen LogP contribution in [0.15, 0.2) is 30.3 Å². The number of hydrogen-bond acceptors (Lipinski definition) is 2. The molecule has 2 aromatic carbocycles. The Balaban J connectivity index is 2.31. The van der Waals surface area contributed by atoms with Gasteiger partial charge in [-0.15, -0.1) is 0 Å². The minimum atomic E-state index is -0.655. The lowest BCUT2D eigenvalue weighted by atomic mass is 9.95. The molecule has 2 aromatic rings. The van der Waals surface area contributed by atoms with Crippen molar-refractivity contribution < 1.29 is 9.84 Å². The molecule has 0 aromatic heterocycles. The van der Waals surface area contributed by atoms with Crippen molar-refractivity contribution in [1.82, 2.24) is 0 Å². The Bertz CT molecular complexity index is 653. The van der Waals surface area contributed by atoms with E-state index in [0.29, 0.717) is 22.2 Å². The van der Waals surface area contributed by atoms with Crippen molar-refractivity contribution in [3.8, 4) is 5.75 Å². The third-order valence-electron chi connectivity index (χ3n) is 3.46. The molecule has 0 saturated carbocycles. The first-order chi connectivity index (χ1) is 9.92. The maximum absolute atomic E-state index is 10.6. The molecule has 1 unspecified atom stereocenters. The fourth-order valence-electron chi connectivity index (χ4n) is 2.53. The summed E-state index contributed by atoms with van der Waals surface area (Å²) in [5.41, 5.74) is 3.86. The van der Waals surface area contributed by atoms with Gasteiger partial charge < -0.3 is 9.84 Å². The highest BCUT2D eigenvalue weighted by atomic mass is 35.5. The van der Waals surface area contributed by atoms with Gasteiger partial charge >= 0.3 is 0 Å². The molecule has 4 heteroatoms. The molecule has 0 saturated heterocycles. The summed E-state index contributed by atoms with van der Waals surface area (Å²) >= 11 is 11.9. The van der Waals surface area contributed by atoms with E-state index in [9.17, 15) is 5.11 Å². The van der Waals surface area contributed by atoms with Gasteiger partial charge in [0.25, 0.3) is 0 Å². The van der Waals surface area contributed by atoms with E-state index in [-0.39, 0.29) is 0 Å². The first-order valence-electron chi connectivity index (χ1n) is 6.69. The highest BCUT2D eigenvalue weighted by Crippen LogP contribution is 2.33. The summed E-state index contributed by atoms with van der Waals surface area (Å²) in [5, 5.41) is 11.6. The van der Waals surface area contributed by atoms with E-state index >= 15 is 0 Å². The van der Waals surface area contributed by atoms with E-state index < -0.39 is 6.10 Å². The summed E-state index contributed by atoms with van der Waals surface area (Å²) in [6, 6.07) is 9.36. The summed E-state index contributed by atoms with van der Waals surface area (Å²) in [6.45, 7) is 3.98. The Morgan fingerprint density at radius 3 is 2.43 bits per heavy atom. The smallest absolute Gasteiger partial charge is 0.125 e. The molecule has 0 bridgehead atoms. The topological polar surface area (TPSA) is 29.5 Å². The molecule has 0 heterocycles. The number of ether oxygens (including phenoxy) is 1. The van der Waals surface area contributed by atoms with Crippen LogP contribution < -0.4 is 4.74 Å². The number of benzene rings is 2. The van der Waals surface area contributed by atoms with Gasteiger partial charge in [0.15, 0.2) is 0 Å². The van der Waals surface area contributed by atoms with Crippen LogP contribution in [0, 0.1) is 13.8 Å². The molecular formula is C17H18Cl2O2. The molecule has 0 fully saturated rings. The van der Waals surface area contributed by atoms with Gasteiger partial charge in [-0.1, -0.05) is 35.3 Å². The van der Waals surface area contributed by atoms with Gasteiger partial charge in [-0.3, -0.25) is 0 Å². The predicted octanol–water partition coefficient (Wildman–Crippen LogP) is 4.89. The molecule has 1 N–H and O–H groups in total. The van der Waals surface area contributed by atoms with Crippen LogP contribution in [0.4, 0.5) is 0 Å². The second-order valence-corrected chi connectivity index (χ2v) is 5.98. The zero-order valence-corrected chi connectivity index (χ0v) is 13.8. The van der Waals surface area contributed by atoms with Crippen LogP contribution >= 0.6 is 23.2 Å². The van der Waals surface area contributed by atoms with Crippen molar-refractivity contribution in [3.05, 3.63) is 62.6 Å². The second-order valence-electron chi connectivity index (χ2n) is 5.17. The molecule has 1 atom stereocenters. The summed E-state index contributed by atoms with van der Waals surface area (Å²) < 4.78 is 5.40. The number of aliphatic hydroxyl groups excluding tert-OH is 1. The number of halogens is 2. The largest absolute Gasteiger partial charge is 0.496 e. The first-order valence-corrected chi connectivity index (χ1v) is 7.45. The Morgan fingerprint density at radius 1 is 1.10 bits per heavy atom. The Morgan fingerprint density at radius 2 is 1.81 bits per heavy atom. The monoisotopic (exact) mass is 324 g/mol. The Labute approximate surface area is 135 Å². The minimum Gasteiger partial charge on any atom is -0.496 e. The summed E-state index contributed by atoms with van der Waals surface area (Å²) in [6.07, 6.45) is -0.199. The Kier molecular flexibility index (Phi) is 5.15. The zero-order valence-electron chi connectivity index (χ0n) is 12.3. The predicted molar refractivity (Wildman–Crippen MR) is 87.6 cm³/mol. The van der Waals surface area contributed by atoms with Gasteiger partial charge in [0, 0.05) is 12.0 Å². The standard InChI is InChI=1S/C17H18Cl2O2/c1-10-6-11(2)17(16(7-10)21-3)15(20)9-12-4-5-13(18)14(19)8-12/h4-8,15,20H,9H2,1-3H3. The van der Waals surface area contributed by atoms with E-state index in [1.54, 1.807) is 19.2 Å². The Hall–Kier alpha value is -1.22. The lowest BCUT2D eigenvalue weighted by molar-refractivity contribution is 0.173. The highest BCUT2D eigenvalue weighted by Gasteiger charge is 2.17. The van der Waals surface area contributed by atoms with Crippen molar-refractivity contribution in [3.63, 3.8) is 0 Å². The van der Waals surface area contributed by atoms with Crippen LogP contribution in [-0.2, 0) is 6.42 Å². The van der Waals surface area contributed by atoms with Crippen LogP contribution in [0.1, 0.15) is 28.4 Å². The number of aliphatic hydroxyl groups is 1. The van der Waals surface area contributed by atoms with E-state index in [0.717, 1.165) is 22.3 Å². The third-order valence-corrected chi connectivity index (χ3v) is 4.20. The highest BCUT2D eigenvalue weighted by molar-refractivity contribution is 6.42. The fraction of sp³-hybridized carbons (Fsp3) is 0.294. The molecule has 0 amide bonds. The SMILES string of the molecule is COc1cc(C)cc(C)c1C(O)Cc1ccc(Cl)c(Cl)c1. The molecule has 112 valence electrons. The molecule has 2 nitrogen and oxygen atoms in total. The molecule has 0 aliphatic carbocycles. The number of hydrogen-bond donors (Lipinski definition) is 1. The van der Waals surface area contributed by atoms with E-state index in [1.165, 1.54) is 0 Å². The lowest BCUT2D eigenvalue weighted by Gasteiger charge is -2.18. The van der Waals surface area contributed by atoms with Crippen LogP contribution in [0.3, 0.4) is 0 Å².